The Morgan fingerprint density at radius 1 is 1.26 bits per heavy atom. The third-order valence-corrected chi connectivity index (χ3v) is 7.14. The van der Waals surface area contributed by atoms with Gasteiger partial charge in [-0.2, -0.15) is 0 Å². The van der Waals surface area contributed by atoms with Gasteiger partial charge in [-0.3, -0.25) is 4.79 Å². The van der Waals surface area contributed by atoms with Crippen LogP contribution in [0.15, 0.2) is 24.3 Å². The number of pyridine rings is 1. The highest BCUT2D eigenvalue weighted by Gasteiger charge is 2.28. The number of carbonyl (C=O) groups excluding carboxylic acids is 1. The third-order valence-electron chi connectivity index (χ3n) is 6.02. The second kappa shape index (κ2) is 8.00. The molecule has 31 heavy (non-hydrogen) atoms. The van der Waals surface area contributed by atoms with Crippen molar-refractivity contribution in [1.82, 2.24) is 10.3 Å². The van der Waals surface area contributed by atoms with Crippen molar-refractivity contribution >= 4 is 38.8 Å². The molecule has 0 unspecified atom stereocenters. The van der Waals surface area contributed by atoms with E-state index in [0.29, 0.717) is 28.4 Å². The fourth-order valence-electron chi connectivity index (χ4n) is 4.39. The van der Waals surface area contributed by atoms with Gasteiger partial charge in [-0.1, -0.05) is 6.07 Å². The van der Waals surface area contributed by atoms with Crippen LogP contribution in [-0.2, 0) is 6.42 Å². The summed E-state index contributed by atoms with van der Waals surface area (Å²) in [7, 11) is 0. The number of nitrogens with one attached hydrogen (secondary N) is 1. The zero-order valence-corrected chi connectivity index (χ0v) is 18.2. The Balaban J connectivity index is 1.32. The largest absolute Gasteiger partial charge is 0.488 e. The Morgan fingerprint density at radius 2 is 2.06 bits per heavy atom. The van der Waals surface area contributed by atoms with Crippen LogP contribution in [0.1, 0.15) is 40.2 Å². The Hall–Kier alpha value is -2.87. The minimum absolute atomic E-state index is 0.223. The van der Waals surface area contributed by atoms with E-state index in [1.807, 2.05) is 31.2 Å². The number of benzene rings is 1. The zero-order valence-electron chi connectivity index (χ0n) is 17.4. The number of nitrogens with zero attached hydrogens (tertiary/aromatic N) is 2. The molecular formula is C23H25FN4O2S. The number of anilines is 2. The van der Waals surface area contributed by atoms with Gasteiger partial charge in [0, 0.05) is 24.2 Å². The Kier molecular flexibility index (Phi) is 5.17. The molecule has 2 aliphatic heterocycles. The lowest BCUT2D eigenvalue weighted by Crippen LogP contribution is -2.43. The minimum Gasteiger partial charge on any atom is -0.488 e. The summed E-state index contributed by atoms with van der Waals surface area (Å²) < 4.78 is 20.9. The summed E-state index contributed by atoms with van der Waals surface area (Å²) >= 11 is 1.29. The number of aromatic nitrogens is 1. The molecule has 1 aromatic carbocycles. The van der Waals surface area contributed by atoms with Gasteiger partial charge in [-0.05, 0) is 56.4 Å². The van der Waals surface area contributed by atoms with E-state index >= 15 is 4.39 Å². The molecule has 0 saturated carbocycles. The van der Waals surface area contributed by atoms with E-state index in [4.69, 9.17) is 10.5 Å². The summed E-state index contributed by atoms with van der Waals surface area (Å²) in [5.41, 5.74) is 8.91. The van der Waals surface area contributed by atoms with Gasteiger partial charge in [0.2, 0.25) is 0 Å². The summed E-state index contributed by atoms with van der Waals surface area (Å²) in [5.74, 6) is -0.227. The third kappa shape index (κ3) is 3.69. The van der Waals surface area contributed by atoms with Crippen molar-refractivity contribution in [2.45, 2.75) is 38.6 Å². The predicted octanol–water partition coefficient (Wildman–Crippen LogP) is 4.05. The SMILES string of the molecule is Cc1ccc2c(N)c(C(=O)N[C@@H]3COc4c(ccc(N5CCCCC5)c4F)C3)sc2n1. The van der Waals surface area contributed by atoms with Gasteiger partial charge in [0.15, 0.2) is 11.6 Å². The number of piperidine rings is 1. The molecule has 1 fully saturated rings. The summed E-state index contributed by atoms with van der Waals surface area (Å²) in [5, 5.41) is 3.79. The normalized spacial score (nSPS) is 18.5. The molecule has 0 radical (unpaired) electrons. The topological polar surface area (TPSA) is 80.5 Å². The van der Waals surface area contributed by atoms with Gasteiger partial charge in [0.05, 0.1) is 17.4 Å². The van der Waals surface area contributed by atoms with Crippen LogP contribution in [0.3, 0.4) is 0 Å². The number of nitrogen functional groups attached to an aromatic ring is 1. The molecule has 3 aromatic rings. The van der Waals surface area contributed by atoms with Crippen LogP contribution in [0.5, 0.6) is 5.75 Å². The van der Waals surface area contributed by atoms with Crippen molar-refractivity contribution in [2.24, 2.45) is 0 Å². The number of fused-ring (bicyclic) bond motifs is 2. The van der Waals surface area contributed by atoms with Crippen molar-refractivity contribution in [2.75, 3.05) is 30.3 Å². The van der Waals surface area contributed by atoms with Crippen molar-refractivity contribution in [3.05, 3.63) is 46.2 Å². The van der Waals surface area contributed by atoms with Crippen molar-refractivity contribution in [1.29, 1.82) is 0 Å². The average Bonchev–Trinajstić information content (AvgIpc) is 3.10. The fraction of sp³-hybridized carbons (Fsp3) is 0.391. The van der Waals surface area contributed by atoms with E-state index < -0.39 is 0 Å². The lowest BCUT2D eigenvalue weighted by atomic mass is 10.0. The molecule has 1 saturated heterocycles. The molecule has 5 rings (SSSR count). The first-order valence-electron chi connectivity index (χ1n) is 10.7. The van der Waals surface area contributed by atoms with Gasteiger partial charge in [-0.15, -0.1) is 11.3 Å². The Bertz CT molecular complexity index is 1160. The van der Waals surface area contributed by atoms with Crippen LogP contribution in [0.4, 0.5) is 15.8 Å². The van der Waals surface area contributed by atoms with Gasteiger partial charge in [0.25, 0.3) is 5.91 Å². The van der Waals surface area contributed by atoms with Crippen LogP contribution in [-0.4, -0.2) is 36.6 Å². The second-order valence-electron chi connectivity index (χ2n) is 8.27. The Labute approximate surface area is 184 Å². The maximum Gasteiger partial charge on any atom is 0.263 e. The first kappa shape index (κ1) is 20.1. The summed E-state index contributed by atoms with van der Waals surface area (Å²) in [6, 6.07) is 7.28. The van der Waals surface area contributed by atoms with Gasteiger partial charge >= 0.3 is 0 Å². The number of nitrogens with two attached hydrogens (primary N) is 1. The number of hydrogen-bond acceptors (Lipinski definition) is 6. The van der Waals surface area contributed by atoms with Gasteiger partial charge < -0.3 is 20.7 Å². The molecule has 1 atom stereocenters. The molecule has 2 aliphatic rings. The maximum absolute atomic E-state index is 15.1. The van der Waals surface area contributed by atoms with Crippen LogP contribution in [0.25, 0.3) is 10.2 Å². The predicted molar refractivity (Wildman–Crippen MR) is 122 cm³/mol. The monoisotopic (exact) mass is 440 g/mol. The van der Waals surface area contributed by atoms with E-state index in [1.165, 1.54) is 17.8 Å². The van der Waals surface area contributed by atoms with Crippen LogP contribution in [0, 0.1) is 12.7 Å². The van der Waals surface area contributed by atoms with E-state index in [-0.39, 0.29) is 24.4 Å². The zero-order chi connectivity index (χ0) is 21.5. The minimum atomic E-state index is -0.292. The molecule has 3 N–H and O–H groups in total. The van der Waals surface area contributed by atoms with Gasteiger partial charge in [0.1, 0.15) is 16.3 Å². The number of rotatable bonds is 3. The van der Waals surface area contributed by atoms with Crippen LogP contribution < -0.4 is 20.7 Å². The molecule has 2 aromatic heterocycles. The molecule has 0 spiro atoms. The molecular weight excluding hydrogens is 415 g/mol. The number of hydrogen-bond donors (Lipinski definition) is 2. The maximum atomic E-state index is 15.1. The Morgan fingerprint density at radius 3 is 2.87 bits per heavy atom. The lowest BCUT2D eigenvalue weighted by molar-refractivity contribution is 0.0919. The number of amides is 1. The van der Waals surface area contributed by atoms with Crippen molar-refractivity contribution < 1.29 is 13.9 Å². The molecule has 6 nitrogen and oxygen atoms in total. The highest BCUT2D eigenvalue weighted by Crippen LogP contribution is 2.36. The molecule has 0 bridgehead atoms. The highest BCUT2D eigenvalue weighted by atomic mass is 32.1. The molecule has 8 heteroatoms. The lowest BCUT2D eigenvalue weighted by Gasteiger charge is -2.32. The number of aryl methyl sites for hydroxylation is 1. The fourth-order valence-corrected chi connectivity index (χ4v) is 5.43. The van der Waals surface area contributed by atoms with E-state index in [1.54, 1.807) is 0 Å². The highest BCUT2D eigenvalue weighted by molar-refractivity contribution is 7.21. The van der Waals surface area contributed by atoms with Crippen molar-refractivity contribution in [3.63, 3.8) is 0 Å². The van der Waals surface area contributed by atoms with Crippen molar-refractivity contribution in [3.8, 4) is 5.75 Å². The molecule has 4 heterocycles. The summed E-state index contributed by atoms with van der Waals surface area (Å²) in [4.78, 5) is 20.6. The summed E-state index contributed by atoms with van der Waals surface area (Å²) in [6.45, 7) is 3.88. The van der Waals surface area contributed by atoms with Crippen LogP contribution in [0.2, 0.25) is 0 Å². The number of thiophene rings is 1. The second-order valence-corrected chi connectivity index (χ2v) is 9.27. The van der Waals surface area contributed by atoms with Gasteiger partial charge in [-0.25, -0.2) is 9.37 Å². The smallest absolute Gasteiger partial charge is 0.263 e. The van der Waals surface area contributed by atoms with E-state index in [2.05, 4.69) is 15.2 Å². The van der Waals surface area contributed by atoms with Crippen LogP contribution >= 0.6 is 11.3 Å². The molecule has 0 aliphatic carbocycles. The van der Waals surface area contributed by atoms with E-state index in [0.717, 1.165) is 47.4 Å². The standard InChI is InChI=1S/C23H25FN4O2S/c1-13-5-7-16-19(25)21(31-23(16)26-13)22(29)27-15-11-14-6-8-17(18(24)20(14)30-12-15)28-9-3-2-4-10-28/h5-8,15H,2-4,9-12,25H2,1H3,(H,27,29)/t15-/m0/s1. The molecule has 1 amide bonds. The first-order chi connectivity index (χ1) is 15.0. The molecule has 162 valence electrons. The number of ether oxygens (including phenoxy) is 1. The summed E-state index contributed by atoms with van der Waals surface area (Å²) in [6.07, 6.45) is 3.88. The average molecular weight is 441 g/mol. The quantitative estimate of drug-likeness (QED) is 0.642. The first-order valence-corrected chi connectivity index (χ1v) is 11.5. The van der Waals surface area contributed by atoms with E-state index in [9.17, 15) is 4.79 Å². The number of halogens is 1. The number of carbonyl (C=O) groups is 1.